The van der Waals surface area contributed by atoms with E-state index in [4.69, 9.17) is 4.74 Å². The van der Waals surface area contributed by atoms with Crippen LogP contribution in [0.2, 0.25) is 0 Å². The third-order valence-corrected chi connectivity index (χ3v) is 3.73. The Hall–Kier alpha value is -2.58. The molecule has 2 amide bonds. The molecule has 0 spiro atoms. The van der Waals surface area contributed by atoms with Crippen LogP contribution in [-0.4, -0.2) is 57.1 Å². The Morgan fingerprint density at radius 1 is 1.17 bits per heavy atom. The van der Waals surface area contributed by atoms with Gasteiger partial charge in [0, 0.05) is 13.7 Å². The normalized spacial score (nSPS) is 15.1. The maximum atomic E-state index is 12.3. The van der Waals surface area contributed by atoms with Gasteiger partial charge in [-0.15, -0.1) is 5.10 Å². The van der Waals surface area contributed by atoms with Gasteiger partial charge in [0.05, 0.1) is 36.2 Å². The number of fused-ring (bicyclic) bond motifs is 1. The van der Waals surface area contributed by atoms with E-state index in [-0.39, 0.29) is 31.5 Å². The molecule has 120 valence electrons. The molecule has 0 saturated heterocycles. The van der Waals surface area contributed by atoms with E-state index in [1.54, 1.807) is 24.3 Å². The van der Waals surface area contributed by atoms with Crippen molar-refractivity contribution in [3.05, 3.63) is 47.3 Å². The average molecular weight is 316 g/mol. The number of carbonyl (C=O) groups is 2. The molecule has 0 unspecified atom stereocenters. The molecule has 1 atom stereocenters. The predicted octanol–water partition coefficient (Wildman–Crippen LogP) is 0.254. The SMILES string of the molecule is COC[C@@H](O)c1cnnn1CCN1C(=O)c2ccccc2C1=O. The molecule has 8 nitrogen and oxygen atoms in total. The summed E-state index contributed by atoms with van der Waals surface area (Å²) in [4.78, 5) is 25.7. The third-order valence-electron chi connectivity index (χ3n) is 3.73. The fraction of sp³-hybridized carbons (Fsp3) is 0.333. The maximum Gasteiger partial charge on any atom is 0.261 e. The minimum atomic E-state index is -0.864. The molecular formula is C15H16N4O4. The van der Waals surface area contributed by atoms with Gasteiger partial charge in [-0.3, -0.25) is 14.5 Å². The molecule has 0 bridgehead atoms. The van der Waals surface area contributed by atoms with Crippen LogP contribution in [0.15, 0.2) is 30.5 Å². The van der Waals surface area contributed by atoms with Crippen molar-refractivity contribution in [3.63, 3.8) is 0 Å². The summed E-state index contributed by atoms with van der Waals surface area (Å²) in [6.07, 6.45) is 0.573. The molecule has 23 heavy (non-hydrogen) atoms. The van der Waals surface area contributed by atoms with E-state index in [2.05, 4.69) is 10.3 Å². The second-order valence-electron chi connectivity index (χ2n) is 5.16. The molecule has 3 rings (SSSR count). The van der Waals surface area contributed by atoms with Crippen molar-refractivity contribution in [3.8, 4) is 0 Å². The van der Waals surface area contributed by atoms with Crippen molar-refractivity contribution in [1.82, 2.24) is 19.9 Å². The van der Waals surface area contributed by atoms with E-state index < -0.39 is 6.10 Å². The second kappa shape index (κ2) is 6.27. The number of hydrogen-bond acceptors (Lipinski definition) is 6. The van der Waals surface area contributed by atoms with Gasteiger partial charge in [0.25, 0.3) is 11.8 Å². The first-order chi connectivity index (χ1) is 11.1. The summed E-state index contributed by atoms with van der Waals surface area (Å²) in [5, 5.41) is 17.6. The van der Waals surface area contributed by atoms with E-state index in [1.165, 1.54) is 22.9 Å². The van der Waals surface area contributed by atoms with Crippen molar-refractivity contribution >= 4 is 11.8 Å². The quantitative estimate of drug-likeness (QED) is 0.768. The molecule has 0 fully saturated rings. The number of aromatic nitrogens is 3. The van der Waals surface area contributed by atoms with Crippen LogP contribution < -0.4 is 0 Å². The monoisotopic (exact) mass is 316 g/mol. The predicted molar refractivity (Wildman–Crippen MR) is 78.7 cm³/mol. The molecule has 0 radical (unpaired) electrons. The summed E-state index contributed by atoms with van der Waals surface area (Å²) in [5.41, 5.74) is 1.30. The van der Waals surface area contributed by atoms with Crippen molar-refractivity contribution in [1.29, 1.82) is 0 Å². The van der Waals surface area contributed by atoms with Crippen LogP contribution >= 0.6 is 0 Å². The van der Waals surface area contributed by atoms with Crippen molar-refractivity contribution in [2.45, 2.75) is 12.6 Å². The molecule has 1 aromatic carbocycles. The number of imide groups is 1. The van der Waals surface area contributed by atoms with E-state index in [0.717, 1.165) is 0 Å². The van der Waals surface area contributed by atoms with Gasteiger partial charge in [-0.1, -0.05) is 17.3 Å². The van der Waals surface area contributed by atoms with Gasteiger partial charge in [0.15, 0.2) is 0 Å². The Morgan fingerprint density at radius 2 is 1.83 bits per heavy atom. The Labute approximate surface area is 132 Å². The summed E-state index contributed by atoms with van der Waals surface area (Å²) in [6, 6.07) is 6.73. The molecule has 0 saturated carbocycles. The van der Waals surface area contributed by atoms with Crippen LogP contribution in [0.4, 0.5) is 0 Å². The van der Waals surface area contributed by atoms with Gasteiger partial charge in [0.2, 0.25) is 0 Å². The Morgan fingerprint density at radius 3 is 2.43 bits per heavy atom. The van der Waals surface area contributed by atoms with Crippen LogP contribution in [-0.2, 0) is 11.3 Å². The molecule has 1 aliphatic rings. The van der Waals surface area contributed by atoms with Crippen molar-refractivity contribution in [2.75, 3.05) is 20.3 Å². The zero-order valence-corrected chi connectivity index (χ0v) is 12.5. The summed E-state index contributed by atoms with van der Waals surface area (Å²) in [6.45, 7) is 0.518. The lowest BCUT2D eigenvalue weighted by Crippen LogP contribution is -2.33. The second-order valence-corrected chi connectivity index (χ2v) is 5.16. The molecule has 1 aromatic heterocycles. The number of aliphatic hydroxyl groups is 1. The van der Waals surface area contributed by atoms with E-state index in [1.807, 2.05) is 0 Å². The lowest BCUT2D eigenvalue weighted by Gasteiger charge is -2.16. The zero-order chi connectivity index (χ0) is 16.4. The van der Waals surface area contributed by atoms with Crippen LogP contribution in [0.3, 0.4) is 0 Å². The first kappa shape index (κ1) is 15.3. The number of carbonyl (C=O) groups excluding carboxylic acids is 2. The first-order valence-electron chi connectivity index (χ1n) is 7.14. The van der Waals surface area contributed by atoms with Crippen LogP contribution in [0, 0.1) is 0 Å². The standard InChI is InChI=1S/C15H16N4O4/c1-23-9-13(20)12-8-16-17-19(12)7-6-18-14(21)10-4-2-3-5-11(10)15(18)22/h2-5,8,13,20H,6-7,9H2,1H3/t13-/m1/s1. The summed E-state index contributed by atoms with van der Waals surface area (Å²) in [7, 11) is 1.48. The third kappa shape index (κ3) is 2.73. The van der Waals surface area contributed by atoms with E-state index >= 15 is 0 Å². The fourth-order valence-electron chi connectivity index (χ4n) is 2.58. The van der Waals surface area contributed by atoms with E-state index in [0.29, 0.717) is 16.8 Å². The topological polar surface area (TPSA) is 97.6 Å². The number of ether oxygens (including phenoxy) is 1. The highest BCUT2D eigenvalue weighted by molar-refractivity contribution is 6.21. The maximum absolute atomic E-state index is 12.3. The Bertz CT molecular complexity index is 708. The smallest absolute Gasteiger partial charge is 0.261 e. The largest absolute Gasteiger partial charge is 0.384 e. The average Bonchev–Trinajstić information content (AvgIpc) is 3.11. The minimum absolute atomic E-state index is 0.111. The highest BCUT2D eigenvalue weighted by Gasteiger charge is 2.34. The fourth-order valence-corrected chi connectivity index (χ4v) is 2.58. The Kier molecular flexibility index (Phi) is 4.18. The van der Waals surface area contributed by atoms with Crippen molar-refractivity contribution in [2.24, 2.45) is 0 Å². The highest BCUT2D eigenvalue weighted by atomic mass is 16.5. The number of amides is 2. The summed E-state index contributed by atoms with van der Waals surface area (Å²) in [5.74, 6) is -0.630. The number of aliphatic hydroxyl groups excluding tert-OH is 1. The van der Waals surface area contributed by atoms with Gasteiger partial charge < -0.3 is 9.84 Å². The number of nitrogens with zero attached hydrogens (tertiary/aromatic N) is 4. The molecule has 1 N–H and O–H groups in total. The highest BCUT2D eigenvalue weighted by Crippen LogP contribution is 2.22. The van der Waals surface area contributed by atoms with Crippen LogP contribution in [0.5, 0.6) is 0 Å². The summed E-state index contributed by atoms with van der Waals surface area (Å²) < 4.78 is 6.36. The number of methoxy groups -OCH3 is 1. The molecule has 1 aliphatic heterocycles. The van der Waals surface area contributed by atoms with Gasteiger partial charge in [-0.05, 0) is 12.1 Å². The molecular weight excluding hydrogens is 300 g/mol. The van der Waals surface area contributed by atoms with Gasteiger partial charge in [-0.25, -0.2) is 4.68 Å². The first-order valence-corrected chi connectivity index (χ1v) is 7.14. The van der Waals surface area contributed by atoms with E-state index in [9.17, 15) is 14.7 Å². The molecule has 2 heterocycles. The molecule has 0 aliphatic carbocycles. The number of benzene rings is 1. The summed E-state index contributed by atoms with van der Waals surface area (Å²) >= 11 is 0. The van der Waals surface area contributed by atoms with Crippen LogP contribution in [0.1, 0.15) is 32.5 Å². The van der Waals surface area contributed by atoms with Gasteiger partial charge >= 0.3 is 0 Å². The zero-order valence-electron chi connectivity index (χ0n) is 12.5. The Balaban J connectivity index is 1.72. The minimum Gasteiger partial charge on any atom is -0.384 e. The number of hydrogen-bond donors (Lipinski definition) is 1. The van der Waals surface area contributed by atoms with Gasteiger partial charge in [-0.2, -0.15) is 0 Å². The lowest BCUT2D eigenvalue weighted by molar-refractivity contribution is 0.0569. The van der Waals surface area contributed by atoms with Gasteiger partial charge in [0.1, 0.15) is 6.10 Å². The number of rotatable bonds is 6. The molecule has 8 heteroatoms. The molecule has 2 aromatic rings. The van der Waals surface area contributed by atoms with Crippen LogP contribution in [0.25, 0.3) is 0 Å². The van der Waals surface area contributed by atoms with Crippen molar-refractivity contribution < 1.29 is 19.4 Å². The lowest BCUT2D eigenvalue weighted by atomic mass is 10.1.